The van der Waals surface area contributed by atoms with E-state index in [2.05, 4.69) is 15.9 Å². The normalized spacial score (nSPS) is 14.6. The highest BCUT2D eigenvalue weighted by Crippen LogP contribution is 2.23. The number of carbonyl (C=O) groups excluding carboxylic acids is 2. The fraction of sp³-hybridized carbons (Fsp3) is 0.294. The van der Waals surface area contributed by atoms with Crippen LogP contribution in [0.3, 0.4) is 0 Å². The summed E-state index contributed by atoms with van der Waals surface area (Å²) in [6.45, 7) is 1.36. The fourth-order valence-corrected chi connectivity index (χ4v) is 2.96. The van der Waals surface area contributed by atoms with Crippen LogP contribution in [0.15, 0.2) is 51.6 Å². The number of amides is 3. The molecule has 3 rings (SSSR count). The van der Waals surface area contributed by atoms with Crippen LogP contribution >= 0.6 is 15.9 Å². The van der Waals surface area contributed by atoms with Gasteiger partial charge in [0.1, 0.15) is 0 Å². The van der Waals surface area contributed by atoms with Crippen LogP contribution in [0.5, 0.6) is 0 Å². The first-order valence-corrected chi connectivity index (χ1v) is 8.40. The quantitative estimate of drug-likeness (QED) is 0.785. The zero-order chi connectivity index (χ0) is 16.2. The molecule has 23 heavy (non-hydrogen) atoms. The number of imide groups is 1. The molecule has 1 aliphatic rings. The van der Waals surface area contributed by atoms with Crippen LogP contribution in [0.1, 0.15) is 29.8 Å². The van der Waals surface area contributed by atoms with E-state index in [9.17, 15) is 9.59 Å². The molecular formula is C17H17BrN2O3. The Morgan fingerprint density at radius 3 is 2.30 bits per heavy atom. The highest BCUT2D eigenvalue weighted by Gasteiger charge is 2.31. The van der Waals surface area contributed by atoms with E-state index in [-0.39, 0.29) is 11.8 Å². The van der Waals surface area contributed by atoms with Gasteiger partial charge in [-0.15, -0.1) is 0 Å². The second kappa shape index (κ2) is 7.00. The number of likely N-dealkylation sites (tertiary alicyclic amines) is 1. The first kappa shape index (κ1) is 15.8. The smallest absolute Gasteiger partial charge is 0.331 e. The topological polar surface area (TPSA) is 53.8 Å². The van der Waals surface area contributed by atoms with Crippen molar-refractivity contribution in [3.63, 3.8) is 0 Å². The lowest BCUT2D eigenvalue weighted by atomic mass is 10.1. The molecule has 0 aliphatic carbocycles. The summed E-state index contributed by atoms with van der Waals surface area (Å²) in [5.41, 5.74) is 0.542. The maximum Gasteiger partial charge on any atom is 0.331 e. The van der Waals surface area contributed by atoms with Crippen LogP contribution in [-0.4, -0.2) is 29.9 Å². The lowest BCUT2D eigenvalue weighted by Gasteiger charge is -2.31. The number of para-hydroxylation sites is 1. The SMILES string of the molecule is O=C(c1ccc(Br)o1)N(C(=O)N1CCCCC1)c1ccccc1. The predicted molar refractivity (Wildman–Crippen MR) is 90.5 cm³/mol. The number of benzene rings is 1. The third-order valence-corrected chi connectivity index (χ3v) is 4.25. The number of piperidine rings is 1. The minimum absolute atomic E-state index is 0.131. The van der Waals surface area contributed by atoms with Crippen molar-refractivity contribution in [1.82, 2.24) is 4.90 Å². The van der Waals surface area contributed by atoms with Gasteiger partial charge in [0.2, 0.25) is 0 Å². The van der Waals surface area contributed by atoms with E-state index in [1.807, 2.05) is 6.07 Å². The number of furan rings is 1. The summed E-state index contributed by atoms with van der Waals surface area (Å²) in [7, 11) is 0. The van der Waals surface area contributed by atoms with Gasteiger partial charge in [0, 0.05) is 13.1 Å². The number of nitrogens with zero attached hydrogens (tertiary/aromatic N) is 2. The monoisotopic (exact) mass is 376 g/mol. The van der Waals surface area contributed by atoms with Gasteiger partial charge in [0.05, 0.1) is 5.69 Å². The van der Waals surface area contributed by atoms with Crippen LogP contribution < -0.4 is 4.90 Å². The van der Waals surface area contributed by atoms with Gasteiger partial charge in [-0.25, -0.2) is 9.69 Å². The molecule has 6 heteroatoms. The highest BCUT2D eigenvalue weighted by molar-refractivity contribution is 9.10. The molecule has 2 heterocycles. The minimum Gasteiger partial charge on any atom is -0.444 e. The minimum atomic E-state index is -0.461. The van der Waals surface area contributed by atoms with Crippen molar-refractivity contribution < 1.29 is 14.0 Å². The molecule has 0 spiro atoms. The second-order valence-electron chi connectivity index (χ2n) is 5.41. The number of hydrogen-bond acceptors (Lipinski definition) is 3. The maximum absolute atomic E-state index is 12.9. The van der Waals surface area contributed by atoms with Crippen molar-refractivity contribution >= 4 is 33.6 Å². The van der Waals surface area contributed by atoms with Crippen molar-refractivity contribution in [2.45, 2.75) is 19.3 Å². The lowest BCUT2D eigenvalue weighted by molar-refractivity contribution is 0.0956. The summed E-state index contributed by atoms with van der Waals surface area (Å²) < 4.78 is 5.80. The molecule has 0 atom stereocenters. The molecule has 1 aliphatic heterocycles. The molecule has 0 saturated carbocycles. The zero-order valence-electron chi connectivity index (χ0n) is 12.6. The first-order valence-electron chi connectivity index (χ1n) is 7.60. The van der Waals surface area contributed by atoms with Gasteiger partial charge in [-0.05, 0) is 59.5 Å². The second-order valence-corrected chi connectivity index (χ2v) is 6.19. The Hall–Kier alpha value is -2.08. The molecule has 0 N–H and O–H groups in total. The lowest BCUT2D eigenvalue weighted by Crippen LogP contribution is -2.48. The average Bonchev–Trinajstić information content (AvgIpc) is 3.03. The van der Waals surface area contributed by atoms with Crippen LogP contribution in [0.25, 0.3) is 0 Å². The number of rotatable bonds is 2. The number of halogens is 1. The van der Waals surface area contributed by atoms with E-state index in [0.717, 1.165) is 19.3 Å². The van der Waals surface area contributed by atoms with E-state index >= 15 is 0 Å². The molecule has 3 amide bonds. The van der Waals surface area contributed by atoms with E-state index in [0.29, 0.717) is 23.4 Å². The summed E-state index contributed by atoms with van der Waals surface area (Å²) >= 11 is 3.19. The van der Waals surface area contributed by atoms with Gasteiger partial charge < -0.3 is 9.32 Å². The molecule has 2 aromatic rings. The molecule has 1 aromatic carbocycles. The van der Waals surface area contributed by atoms with Crippen molar-refractivity contribution in [3.8, 4) is 0 Å². The fourth-order valence-electron chi connectivity index (χ4n) is 2.66. The third kappa shape index (κ3) is 3.47. The summed E-state index contributed by atoms with van der Waals surface area (Å²) in [4.78, 5) is 28.6. The van der Waals surface area contributed by atoms with Crippen molar-refractivity contribution in [3.05, 3.63) is 52.9 Å². The van der Waals surface area contributed by atoms with Crippen LogP contribution in [0.4, 0.5) is 10.5 Å². The number of anilines is 1. The summed E-state index contributed by atoms with van der Waals surface area (Å²) in [5.74, 6) is -0.330. The number of urea groups is 1. The number of hydrogen-bond donors (Lipinski definition) is 0. The van der Waals surface area contributed by atoms with Crippen molar-refractivity contribution in [1.29, 1.82) is 0 Å². The molecule has 1 fully saturated rings. The molecule has 0 unspecified atom stereocenters. The summed E-state index contributed by atoms with van der Waals surface area (Å²) in [5, 5.41) is 0. The summed E-state index contributed by atoms with van der Waals surface area (Å²) in [6.07, 6.45) is 3.05. The molecule has 0 bridgehead atoms. The maximum atomic E-state index is 12.9. The van der Waals surface area contributed by atoms with Gasteiger partial charge in [-0.1, -0.05) is 18.2 Å². The van der Waals surface area contributed by atoms with Gasteiger partial charge >= 0.3 is 11.9 Å². The first-order chi connectivity index (χ1) is 11.2. The highest BCUT2D eigenvalue weighted by atomic mass is 79.9. The largest absolute Gasteiger partial charge is 0.444 e. The molecule has 0 radical (unpaired) electrons. The molecule has 5 nitrogen and oxygen atoms in total. The predicted octanol–water partition coefficient (Wildman–Crippen LogP) is 4.29. The van der Waals surface area contributed by atoms with Crippen LogP contribution in [0, 0.1) is 0 Å². The molecular weight excluding hydrogens is 360 g/mol. The molecule has 1 aromatic heterocycles. The van der Waals surface area contributed by atoms with E-state index in [1.165, 1.54) is 4.90 Å². The van der Waals surface area contributed by atoms with E-state index in [1.54, 1.807) is 41.3 Å². The zero-order valence-corrected chi connectivity index (χ0v) is 14.2. The average molecular weight is 377 g/mol. The Bertz CT molecular complexity index is 693. The summed E-state index contributed by atoms with van der Waals surface area (Å²) in [6, 6.07) is 11.9. The van der Waals surface area contributed by atoms with E-state index in [4.69, 9.17) is 4.42 Å². The Balaban J connectivity index is 1.93. The Morgan fingerprint density at radius 2 is 1.70 bits per heavy atom. The van der Waals surface area contributed by atoms with Crippen LogP contribution in [-0.2, 0) is 0 Å². The van der Waals surface area contributed by atoms with E-state index < -0.39 is 5.91 Å². The third-order valence-electron chi connectivity index (χ3n) is 3.82. The molecule has 1 saturated heterocycles. The van der Waals surface area contributed by atoms with Crippen molar-refractivity contribution in [2.75, 3.05) is 18.0 Å². The number of carbonyl (C=O) groups is 2. The van der Waals surface area contributed by atoms with Crippen molar-refractivity contribution in [2.24, 2.45) is 0 Å². The Labute approximate surface area is 143 Å². The van der Waals surface area contributed by atoms with Crippen LogP contribution in [0.2, 0.25) is 0 Å². The Morgan fingerprint density at radius 1 is 1.00 bits per heavy atom. The van der Waals surface area contributed by atoms with Gasteiger partial charge in [-0.3, -0.25) is 4.79 Å². The van der Waals surface area contributed by atoms with Gasteiger partial charge in [0.25, 0.3) is 0 Å². The standard InChI is InChI=1S/C17H17BrN2O3/c18-15-10-9-14(23-15)16(21)20(13-7-3-1-4-8-13)17(22)19-11-5-2-6-12-19/h1,3-4,7-10H,2,5-6,11-12H2. The van der Waals surface area contributed by atoms with Gasteiger partial charge in [-0.2, -0.15) is 0 Å². The molecule has 120 valence electrons. The Kier molecular flexibility index (Phi) is 4.81. The van der Waals surface area contributed by atoms with Gasteiger partial charge in [0.15, 0.2) is 10.4 Å².